The number of rotatable bonds is 6. The Labute approximate surface area is 121 Å². The van der Waals surface area contributed by atoms with E-state index in [1.54, 1.807) is 0 Å². The van der Waals surface area contributed by atoms with Crippen molar-refractivity contribution < 1.29 is 9.53 Å². The van der Waals surface area contributed by atoms with Crippen molar-refractivity contribution in [2.75, 3.05) is 11.9 Å². The van der Waals surface area contributed by atoms with E-state index in [9.17, 15) is 4.79 Å². The summed E-state index contributed by atoms with van der Waals surface area (Å²) in [6.45, 7) is 2.75. The van der Waals surface area contributed by atoms with E-state index in [1.165, 1.54) is 32.1 Å². The van der Waals surface area contributed by atoms with Crippen LogP contribution in [-0.2, 0) is 4.79 Å². The normalized spacial score (nSPS) is 15.8. The van der Waals surface area contributed by atoms with Crippen LogP contribution in [-0.4, -0.2) is 12.5 Å². The topological polar surface area (TPSA) is 38.3 Å². The second kappa shape index (κ2) is 7.93. The van der Waals surface area contributed by atoms with Crippen LogP contribution in [0.4, 0.5) is 5.69 Å². The van der Waals surface area contributed by atoms with Gasteiger partial charge in [-0.3, -0.25) is 4.79 Å². The standard InChI is InChI=1S/C17H25NO2/c1-2-12-20-16-11-7-6-10-15(16)18-17(19)13-14-8-4-3-5-9-14/h6-7,10-11,14H,2-5,8-9,12-13H2,1H3,(H,18,19). The molecule has 1 aromatic rings. The van der Waals surface area contributed by atoms with Gasteiger partial charge >= 0.3 is 0 Å². The summed E-state index contributed by atoms with van der Waals surface area (Å²) in [6.07, 6.45) is 7.86. The molecule has 1 fully saturated rings. The van der Waals surface area contributed by atoms with Gasteiger partial charge < -0.3 is 10.1 Å². The van der Waals surface area contributed by atoms with E-state index in [0.717, 1.165) is 17.9 Å². The average molecular weight is 275 g/mol. The summed E-state index contributed by atoms with van der Waals surface area (Å²) in [7, 11) is 0. The lowest BCUT2D eigenvalue weighted by atomic mass is 9.87. The molecule has 0 aliphatic heterocycles. The molecule has 110 valence electrons. The molecule has 20 heavy (non-hydrogen) atoms. The smallest absolute Gasteiger partial charge is 0.224 e. The van der Waals surface area contributed by atoms with E-state index in [0.29, 0.717) is 18.9 Å². The van der Waals surface area contributed by atoms with Crippen molar-refractivity contribution in [2.45, 2.75) is 51.9 Å². The summed E-state index contributed by atoms with van der Waals surface area (Å²) < 4.78 is 5.66. The summed E-state index contributed by atoms with van der Waals surface area (Å²) in [5.74, 6) is 1.45. The molecule has 1 saturated carbocycles. The Morgan fingerprint density at radius 3 is 2.75 bits per heavy atom. The van der Waals surface area contributed by atoms with Crippen molar-refractivity contribution in [3.63, 3.8) is 0 Å². The SMILES string of the molecule is CCCOc1ccccc1NC(=O)CC1CCCCC1. The van der Waals surface area contributed by atoms with Gasteiger partial charge in [0, 0.05) is 6.42 Å². The maximum absolute atomic E-state index is 12.1. The molecule has 1 aliphatic carbocycles. The molecular weight excluding hydrogens is 250 g/mol. The molecule has 1 aromatic carbocycles. The molecule has 2 rings (SSSR count). The number of benzene rings is 1. The van der Waals surface area contributed by atoms with Gasteiger partial charge in [0.25, 0.3) is 0 Å². The molecule has 1 N–H and O–H groups in total. The van der Waals surface area contributed by atoms with Crippen LogP contribution in [0.3, 0.4) is 0 Å². The van der Waals surface area contributed by atoms with Crippen LogP contribution in [0.25, 0.3) is 0 Å². The highest BCUT2D eigenvalue weighted by Gasteiger charge is 2.17. The molecule has 0 aromatic heterocycles. The minimum absolute atomic E-state index is 0.115. The number of carbonyl (C=O) groups is 1. The first-order valence-electron chi connectivity index (χ1n) is 7.81. The fourth-order valence-corrected chi connectivity index (χ4v) is 2.76. The van der Waals surface area contributed by atoms with E-state index in [-0.39, 0.29) is 5.91 Å². The first-order chi connectivity index (χ1) is 9.79. The van der Waals surface area contributed by atoms with E-state index in [4.69, 9.17) is 4.74 Å². The Kier molecular flexibility index (Phi) is 5.90. The van der Waals surface area contributed by atoms with Crippen molar-refractivity contribution in [2.24, 2.45) is 5.92 Å². The number of amides is 1. The molecule has 1 amide bonds. The number of anilines is 1. The highest BCUT2D eigenvalue weighted by molar-refractivity contribution is 5.92. The molecule has 0 radical (unpaired) electrons. The molecule has 0 atom stereocenters. The van der Waals surface area contributed by atoms with Gasteiger partial charge in [-0.2, -0.15) is 0 Å². The van der Waals surface area contributed by atoms with Crippen LogP contribution in [0.5, 0.6) is 5.75 Å². The number of ether oxygens (including phenoxy) is 1. The van der Waals surface area contributed by atoms with Gasteiger partial charge in [0.2, 0.25) is 5.91 Å². The molecular formula is C17H25NO2. The highest BCUT2D eigenvalue weighted by atomic mass is 16.5. The van der Waals surface area contributed by atoms with E-state index in [1.807, 2.05) is 24.3 Å². The van der Waals surface area contributed by atoms with Gasteiger partial charge in [0.05, 0.1) is 12.3 Å². The number of para-hydroxylation sites is 2. The first-order valence-corrected chi connectivity index (χ1v) is 7.81. The summed E-state index contributed by atoms with van der Waals surface area (Å²) >= 11 is 0. The quantitative estimate of drug-likeness (QED) is 0.836. The Hall–Kier alpha value is -1.51. The first kappa shape index (κ1) is 14.9. The molecule has 1 aliphatic rings. The predicted molar refractivity (Wildman–Crippen MR) is 82.0 cm³/mol. The molecule has 0 saturated heterocycles. The van der Waals surface area contributed by atoms with Crippen molar-refractivity contribution in [3.8, 4) is 5.75 Å². The largest absolute Gasteiger partial charge is 0.491 e. The fourth-order valence-electron chi connectivity index (χ4n) is 2.76. The lowest BCUT2D eigenvalue weighted by molar-refractivity contribution is -0.117. The minimum atomic E-state index is 0.115. The lowest BCUT2D eigenvalue weighted by Crippen LogP contribution is -2.18. The zero-order valence-electron chi connectivity index (χ0n) is 12.4. The molecule has 0 spiro atoms. The third-order valence-electron chi connectivity index (χ3n) is 3.82. The second-order valence-electron chi connectivity index (χ2n) is 5.60. The van der Waals surface area contributed by atoms with Crippen LogP contribution in [0.2, 0.25) is 0 Å². The van der Waals surface area contributed by atoms with Crippen molar-refractivity contribution in [1.82, 2.24) is 0 Å². The van der Waals surface area contributed by atoms with E-state index < -0.39 is 0 Å². The van der Waals surface area contributed by atoms with Gasteiger partial charge in [-0.1, -0.05) is 38.3 Å². The van der Waals surface area contributed by atoms with E-state index in [2.05, 4.69) is 12.2 Å². The number of hydrogen-bond acceptors (Lipinski definition) is 2. The van der Waals surface area contributed by atoms with Gasteiger partial charge in [-0.15, -0.1) is 0 Å². The monoisotopic (exact) mass is 275 g/mol. The molecule has 0 unspecified atom stereocenters. The van der Waals surface area contributed by atoms with Crippen LogP contribution in [0.15, 0.2) is 24.3 Å². The van der Waals surface area contributed by atoms with Gasteiger partial charge in [0.1, 0.15) is 5.75 Å². The summed E-state index contributed by atoms with van der Waals surface area (Å²) in [5, 5.41) is 3.00. The minimum Gasteiger partial charge on any atom is -0.491 e. The Morgan fingerprint density at radius 2 is 2.00 bits per heavy atom. The number of nitrogens with one attached hydrogen (secondary N) is 1. The fraction of sp³-hybridized carbons (Fsp3) is 0.588. The van der Waals surface area contributed by atoms with Crippen LogP contribution >= 0.6 is 0 Å². The third-order valence-corrected chi connectivity index (χ3v) is 3.82. The molecule has 3 heteroatoms. The van der Waals surface area contributed by atoms with Gasteiger partial charge in [-0.25, -0.2) is 0 Å². The average Bonchev–Trinajstić information content (AvgIpc) is 2.47. The summed E-state index contributed by atoms with van der Waals surface area (Å²) in [6, 6.07) is 7.67. The van der Waals surface area contributed by atoms with Gasteiger partial charge in [-0.05, 0) is 37.3 Å². The number of carbonyl (C=O) groups excluding carboxylic acids is 1. The van der Waals surface area contributed by atoms with Crippen molar-refractivity contribution in [3.05, 3.63) is 24.3 Å². The van der Waals surface area contributed by atoms with Crippen molar-refractivity contribution >= 4 is 11.6 Å². The second-order valence-corrected chi connectivity index (χ2v) is 5.60. The van der Waals surface area contributed by atoms with Crippen LogP contribution in [0.1, 0.15) is 51.9 Å². The predicted octanol–water partition coefficient (Wildman–Crippen LogP) is 4.38. The Bertz CT molecular complexity index is 425. The molecule has 3 nitrogen and oxygen atoms in total. The molecule has 0 heterocycles. The van der Waals surface area contributed by atoms with Gasteiger partial charge in [0.15, 0.2) is 0 Å². The zero-order chi connectivity index (χ0) is 14.2. The van der Waals surface area contributed by atoms with E-state index >= 15 is 0 Å². The summed E-state index contributed by atoms with van der Waals surface area (Å²) in [5.41, 5.74) is 0.793. The third kappa shape index (κ3) is 4.55. The molecule has 0 bridgehead atoms. The van der Waals surface area contributed by atoms with Crippen LogP contribution in [0, 0.1) is 5.92 Å². The lowest BCUT2D eigenvalue weighted by Gasteiger charge is -2.21. The maximum atomic E-state index is 12.1. The Morgan fingerprint density at radius 1 is 1.25 bits per heavy atom. The summed E-state index contributed by atoms with van der Waals surface area (Å²) in [4.78, 5) is 12.1. The van der Waals surface area contributed by atoms with Crippen molar-refractivity contribution in [1.29, 1.82) is 0 Å². The maximum Gasteiger partial charge on any atom is 0.224 e. The number of hydrogen-bond donors (Lipinski definition) is 1. The van der Waals surface area contributed by atoms with Crippen LogP contribution < -0.4 is 10.1 Å². The Balaban J connectivity index is 1.89. The zero-order valence-corrected chi connectivity index (χ0v) is 12.4. The highest BCUT2D eigenvalue weighted by Crippen LogP contribution is 2.28.